The van der Waals surface area contributed by atoms with Crippen LogP contribution in [0.15, 0.2) is 48.3 Å². The normalized spacial score (nSPS) is 17.2. The summed E-state index contributed by atoms with van der Waals surface area (Å²) in [4.78, 5) is 12.9. The Labute approximate surface area is 154 Å². The fourth-order valence-corrected chi connectivity index (χ4v) is 3.40. The van der Waals surface area contributed by atoms with E-state index in [9.17, 15) is 9.18 Å². The van der Waals surface area contributed by atoms with Crippen molar-refractivity contribution in [1.82, 2.24) is 10.6 Å². The predicted molar refractivity (Wildman–Crippen MR) is 102 cm³/mol. The van der Waals surface area contributed by atoms with Crippen molar-refractivity contribution in [2.75, 3.05) is 7.05 Å². The lowest BCUT2D eigenvalue weighted by atomic mass is 9.96. The van der Waals surface area contributed by atoms with E-state index in [4.69, 9.17) is 0 Å². The SMILES string of the molecule is CNC1=C(c2ccc(C)c(I)c2)C(=O)C(Cc2cccc(F)c2)N1. The van der Waals surface area contributed by atoms with Gasteiger partial charge >= 0.3 is 0 Å². The van der Waals surface area contributed by atoms with Gasteiger partial charge in [-0.1, -0.05) is 24.3 Å². The van der Waals surface area contributed by atoms with Crippen LogP contribution in [0.3, 0.4) is 0 Å². The second-order valence-corrected chi connectivity index (χ2v) is 7.02. The Kier molecular flexibility index (Phi) is 4.89. The molecule has 2 aromatic carbocycles. The van der Waals surface area contributed by atoms with Crippen LogP contribution in [0.1, 0.15) is 16.7 Å². The van der Waals surface area contributed by atoms with Gasteiger partial charge < -0.3 is 10.6 Å². The molecule has 5 heteroatoms. The number of aryl methyl sites for hydroxylation is 1. The molecule has 0 amide bonds. The van der Waals surface area contributed by atoms with Crippen LogP contribution in [0.25, 0.3) is 5.57 Å². The highest BCUT2D eigenvalue weighted by Crippen LogP contribution is 2.28. The largest absolute Gasteiger partial charge is 0.374 e. The molecule has 1 heterocycles. The van der Waals surface area contributed by atoms with Gasteiger partial charge in [-0.3, -0.25) is 4.79 Å². The van der Waals surface area contributed by atoms with E-state index in [0.717, 1.165) is 20.5 Å². The van der Waals surface area contributed by atoms with Gasteiger partial charge in [0, 0.05) is 17.0 Å². The maximum atomic E-state index is 13.4. The molecule has 0 saturated heterocycles. The fourth-order valence-electron chi connectivity index (χ4n) is 2.88. The Morgan fingerprint density at radius 2 is 2.04 bits per heavy atom. The van der Waals surface area contributed by atoms with Crippen molar-refractivity contribution < 1.29 is 9.18 Å². The van der Waals surface area contributed by atoms with Gasteiger partial charge in [-0.05, 0) is 64.4 Å². The smallest absolute Gasteiger partial charge is 0.189 e. The van der Waals surface area contributed by atoms with Crippen molar-refractivity contribution in [1.29, 1.82) is 0 Å². The van der Waals surface area contributed by atoms with Gasteiger partial charge in [0.15, 0.2) is 5.78 Å². The Bertz CT molecular complexity index is 832. The fraction of sp³-hybridized carbons (Fsp3) is 0.211. The quantitative estimate of drug-likeness (QED) is 0.723. The average molecular weight is 436 g/mol. The lowest BCUT2D eigenvalue weighted by Crippen LogP contribution is -2.33. The Balaban J connectivity index is 1.89. The molecule has 0 aromatic heterocycles. The number of benzene rings is 2. The minimum absolute atomic E-state index is 0.0308. The third-order valence-corrected chi connectivity index (χ3v) is 5.33. The first kappa shape index (κ1) is 17.0. The number of carbonyl (C=O) groups excluding carboxylic acids is 1. The molecule has 3 rings (SSSR count). The van der Waals surface area contributed by atoms with E-state index < -0.39 is 0 Å². The monoisotopic (exact) mass is 436 g/mol. The maximum absolute atomic E-state index is 13.4. The summed E-state index contributed by atoms with van der Waals surface area (Å²) in [7, 11) is 1.79. The third kappa shape index (κ3) is 3.31. The second-order valence-electron chi connectivity index (χ2n) is 5.86. The van der Waals surface area contributed by atoms with Crippen molar-refractivity contribution in [3.05, 3.63) is 74.4 Å². The summed E-state index contributed by atoms with van der Waals surface area (Å²) in [6, 6.07) is 12.0. The molecule has 2 N–H and O–H groups in total. The minimum atomic E-state index is -0.386. The number of Topliss-reactive ketones (excluding diaryl/α,β-unsaturated/α-hetero) is 1. The first-order chi connectivity index (χ1) is 11.5. The lowest BCUT2D eigenvalue weighted by Gasteiger charge is -2.12. The van der Waals surface area contributed by atoms with Crippen LogP contribution in [0.2, 0.25) is 0 Å². The Morgan fingerprint density at radius 1 is 1.25 bits per heavy atom. The molecule has 0 spiro atoms. The molecule has 0 saturated carbocycles. The van der Waals surface area contributed by atoms with Crippen LogP contribution < -0.4 is 10.6 Å². The van der Waals surface area contributed by atoms with E-state index in [1.54, 1.807) is 13.1 Å². The number of ketones is 1. The van der Waals surface area contributed by atoms with Crippen molar-refractivity contribution in [3.63, 3.8) is 0 Å². The van der Waals surface area contributed by atoms with E-state index in [0.29, 0.717) is 12.0 Å². The summed E-state index contributed by atoms with van der Waals surface area (Å²) in [5, 5.41) is 6.31. The summed E-state index contributed by atoms with van der Waals surface area (Å²) in [5.74, 6) is 0.470. The lowest BCUT2D eigenvalue weighted by molar-refractivity contribution is -0.114. The van der Waals surface area contributed by atoms with Crippen molar-refractivity contribution in [2.24, 2.45) is 0 Å². The van der Waals surface area contributed by atoms with Gasteiger partial charge in [0.05, 0.1) is 11.6 Å². The average Bonchev–Trinajstić information content (AvgIpc) is 2.86. The van der Waals surface area contributed by atoms with Crippen molar-refractivity contribution in [3.8, 4) is 0 Å². The molecule has 0 radical (unpaired) electrons. The Hall–Kier alpha value is -1.89. The molecule has 1 atom stereocenters. The van der Waals surface area contributed by atoms with Crippen LogP contribution in [-0.2, 0) is 11.2 Å². The van der Waals surface area contributed by atoms with Crippen LogP contribution >= 0.6 is 22.6 Å². The summed E-state index contributed by atoms with van der Waals surface area (Å²) in [6.45, 7) is 2.04. The van der Waals surface area contributed by atoms with E-state index in [1.165, 1.54) is 17.7 Å². The number of hydrogen-bond acceptors (Lipinski definition) is 3. The summed E-state index contributed by atoms with van der Waals surface area (Å²) in [5.41, 5.74) is 3.54. The molecule has 0 fully saturated rings. The van der Waals surface area contributed by atoms with Crippen LogP contribution in [0.4, 0.5) is 4.39 Å². The van der Waals surface area contributed by atoms with Crippen LogP contribution in [-0.4, -0.2) is 18.9 Å². The molecule has 1 unspecified atom stereocenters. The van der Waals surface area contributed by atoms with Crippen molar-refractivity contribution in [2.45, 2.75) is 19.4 Å². The Morgan fingerprint density at radius 3 is 2.71 bits per heavy atom. The molecule has 3 nitrogen and oxygen atoms in total. The molecular weight excluding hydrogens is 418 g/mol. The first-order valence-corrected chi connectivity index (χ1v) is 8.81. The van der Waals surface area contributed by atoms with Crippen molar-refractivity contribution >= 4 is 33.9 Å². The van der Waals surface area contributed by atoms with Crippen LogP contribution in [0.5, 0.6) is 0 Å². The topological polar surface area (TPSA) is 41.1 Å². The van der Waals surface area contributed by atoms with Gasteiger partial charge in [0.25, 0.3) is 0 Å². The molecular formula is C19H18FIN2O. The standard InChI is InChI=1S/C19H18FIN2O/c1-11-6-7-13(10-15(11)21)17-18(24)16(23-19(17)22-2)9-12-4-3-5-14(20)8-12/h3-8,10,16,22-23H,9H2,1-2H3. The molecule has 124 valence electrons. The predicted octanol–water partition coefficient (Wildman–Crippen LogP) is 3.41. The molecule has 1 aliphatic heterocycles. The summed E-state index contributed by atoms with van der Waals surface area (Å²) >= 11 is 2.27. The van der Waals surface area contributed by atoms with Gasteiger partial charge in [0.1, 0.15) is 11.6 Å². The van der Waals surface area contributed by atoms with Crippen LogP contribution in [0, 0.1) is 16.3 Å². The summed E-state index contributed by atoms with van der Waals surface area (Å²) in [6.07, 6.45) is 0.453. The molecule has 24 heavy (non-hydrogen) atoms. The molecule has 2 aromatic rings. The first-order valence-electron chi connectivity index (χ1n) is 7.73. The van der Waals surface area contributed by atoms with Gasteiger partial charge in [0.2, 0.25) is 0 Å². The summed E-state index contributed by atoms with van der Waals surface area (Å²) < 4.78 is 14.5. The number of hydrogen-bond donors (Lipinski definition) is 2. The van der Waals surface area contributed by atoms with E-state index in [1.807, 2.05) is 31.2 Å². The maximum Gasteiger partial charge on any atom is 0.189 e. The number of carbonyl (C=O) groups is 1. The number of halogens is 2. The highest BCUT2D eigenvalue weighted by atomic mass is 127. The molecule has 1 aliphatic rings. The zero-order valence-electron chi connectivity index (χ0n) is 13.5. The van der Waals surface area contributed by atoms with Gasteiger partial charge in [-0.2, -0.15) is 0 Å². The highest BCUT2D eigenvalue weighted by Gasteiger charge is 2.33. The van der Waals surface area contributed by atoms with E-state index in [2.05, 4.69) is 33.2 Å². The minimum Gasteiger partial charge on any atom is -0.374 e. The molecule has 0 aliphatic carbocycles. The van der Waals surface area contributed by atoms with Gasteiger partial charge in [-0.15, -0.1) is 0 Å². The zero-order chi connectivity index (χ0) is 17.3. The number of nitrogens with one attached hydrogen (secondary N) is 2. The molecule has 0 bridgehead atoms. The van der Waals surface area contributed by atoms with Gasteiger partial charge in [-0.25, -0.2) is 4.39 Å². The van der Waals surface area contributed by atoms with E-state index in [-0.39, 0.29) is 17.6 Å². The number of rotatable bonds is 4. The van der Waals surface area contributed by atoms with E-state index >= 15 is 0 Å². The third-order valence-electron chi connectivity index (χ3n) is 4.17. The zero-order valence-corrected chi connectivity index (χ0v) is 15.6. The second kappa shape index (κ2) is 6.93. The highest BCUT2D eigenvalue weighted by molar-refractivity contribution is 14.1.